The third-order valence-corrected chi connectivity index (χ3v) is 9.05. The summed E-state index contributed by atoms with van der Waals surface area (Å²) in [6.07, 6.45) is -10.5. The molecule has 0 aliphatic carbocycles. The summed E-state index contributed by atoms with van der Waals surface area (Å²) in [6.45, 7) is 2.64. The summed E-state index contributed by atoms with van der Waals surface area (Å²) in [7, 11) is 0. The van der Waals surface area contributed by atoms with Crippen LogP contribution in [0.25, 0.3) is 0 Å². The van der Waals surface area contributed by atoms with E-state index in [1.807, 2.05) is 0 Å². The first-order valence-corrected chi connectivity index (χ1v) is 19.2. The highest BCUT2D eigenvalue weighted by Gasteiger charge is 2.56. The third-order valence-electron chi connectivity index (χ3n) is 9.05. The maximum absolute atomic E-state index is 13.8. The van der Waals surface area contributed by atoms with Crippen molar-refractivity contribution >= 4 is 41.8 Å². The number of hydrogen-bond acceptors (Lipinski definition) is 18. The van der Waals surface area contributed by atoms with Gasteiger partial charge in [-0.2, -0.15) is 0 Å². The van der Waals surface area contributed by atoms with Crippen molar-refractivity contribution in [1.29, 1.82) is 0 Å². The van der Waals surface area contributed by atoms with Crippen molar-refractivity contribution in [2.45, 2.75) is 89.1 Å². The van der Waals surface area contributed by atoms with Gasteiger partial charge in [0.05, 0.1) is 23.3 Å². The fourth-order valence-electron chi connectivity index (χ4n) is 6.49. The summed E-state index contributed by atoms with van der Waals surface area (Å²) >= 11 is 0. The van der Waals surface area contributed by atoms with Crippen LogP contribution in [0.2, 0.25) is 0 Å². The Morgan fingerprint density at radius 3 is 1.27 bits per heavy atom. The second-order valence-electron chi connectivity index (χ2n) is 13.7. The number of carbonyl (C=O) groups excluding carboxylic acids is 7. The average Bonchev–Trinajstić information content (AvgIpc) is 3.25. The van der Waals surface area contributed by atoms with E-state index in [2.05, 4.69) is 5.92 Å². The van der Waals surface area contributed by atoms with Gasteiger partial charge in [-0.15, -0.1) is 6.42 Å². The molecule has 0 saturated carbocycles. The molecule has 5 rings (SSSR count). The highest BCUT2D eigenvalue weighted by Crippen LogP contribution is 2.34. The van der Waals surface area contributed by atoms with Gasteiger partial charge >= 0.3 is 41.8 Å². The normalized spacial score (nSPS) is 25.4. The lowest BCUT2D eigenvalue weighted by Gasteiger charge is -2.46. The molecule has 0 amide bonds. The molecule has 2 saturated heterocycles. The summed E-state index contributed by atoms with van der Waals surface area (Å²) in [4.78, 5) is 90.4. The number of ether oxygens (including phenoxy) is 11. The number of benzene rings is 3. The first-order valence-electron chi connectivity index (χ1n) is 19.2. The molecule has 18 heteroatoms. The molecule has 0 N–H and O–H groups in total. The molecule has 0 bridgehead atoms. The Morgan fingerprint density at radius 2 is 0.823 bits per heavy atom. The van der Waals surface area contributed by atoms with Gasteiger partial charge in [0.1, 0.15) is 25.4 Å². The molecular formula is C44H44O18. The van der Waals surface area contributed by atoms with E-state index in [1.165, 1.54) is 36.4 Å². The molecule has 2 aliphatic heterocycles. The molecule has 0 radical (unpaired) electrons. The molecule has 2 aliphatic rings. The molecule has 2 fully saturated rings. The second-order valence-corrected chi connectivity index (χ2v) is 13.7. The molecule has 328 valence electrons. The molecule has 3 aromatic rings. The van der Waals surface area contributed by atoms with Crippen LogP contribution in [0.4, 0.5) is 0 Å². The van der Waals surface area contributed by atoms with Crippen LogP contribution in [0.15, 0.2) is 91.0 Å². The lowest BCUT2D eigenvalue weighted by atomic mass is 9.97. The van der Waals surface area contributed by atoms with E-state index >= 15 is 0 Å². The fourth-order valence-corrected chi connectivity index (χ4v) is 6.49. The minimum Gasteiger partial charge on any atom is -0.463 e. The van der Waals surface area contributed by atoms with E-state index in [-0.39, 0.29) is 16.7 Å². The Kier molecular flexibility index (Phi) is 16.7. The fraction of sp³-hybridized carbons (Fsp3) is 0.386. The zero-order chi connectivity index (χ0) is 44.8. The number of terminal acetylenes is 1. The second kappa shape index (κ2) is 22.3. The van der Waals surface area contributed by atoms with E-state index in [1.54, 1.807) is 54.6 Å². The molecule has 3 aromatic carbocycles. The zero-order valence-electron chi connectivity index (χ0n) is 34.0. The molecule has 0 aromatic heterocycles. The Bertz CT molecular complexity index is 2070. The maximum Gasteiger partial charge on any atom is 0.338 e. The van der Waals surface area contributed by atoms with Gasteiger partial charge in [0.15, 0.2) is 49.2 Å². The minimum absolute atomic E-state index is 0.0726. The standard InChI is InChI=1S/C44H44O18/c1-6-22-52-43-39(62-42(51)31-20-14-9-15-21-31)37(61-41(50)30-18-12-8-13-19-30)35(60-40(49)29-16-10-7-11-17-29)33(58-43)24-54-44-38(57-28(5)48)36(56-27(4)47)34(55-26(3)46)32(59-44)23-53-25(2)45/h1,7-21,32-39,43-44H,22-24H2,2-5H3. The minimum atomic E-state index is -1.71. The van der Waals surface area contributed by atoms with Gasteiger partial charge in [-0.25, -0.2) is 14.4 Å². The summed E-state index contributed by atoms with van der Waals surface area (Å²) in [6, 6.07) is 23.4. The van der Waals surface area contributed by atoms with Gasteiger partial charge in [-0.1, -0.05) is 60.5 Å². The van der Waals surface area contributed by atoms with Crippen LogP contribution in [0.3, 0.4) is 0 Å². The van der Waals surface area contributed by atoms with Crippen LogP contribution in [0, 0.1) is 12.3 Å². The van der Waals surface area contributed by atoms with Crippen molar-refractivity contribution in [3.05, 3.63) is 108 Å². The van der Waals surface area contributed by atoms with Crippen LogP contribution in [0.5, 0.6) is 0 Å². The van der Waals surface area contributed by atoms with Crippen molar-refractivity contribution in [3.63, 3.8) is 0 Å². The van der Waals surface area contributed by atoms with Crippen LogP contribution in [-0.2, 0) is 71.3 Å². The van der Waals surface area contributed by atoms with E-state index in [0.29, 0.717) is 0 Å². The van der Waals surface area contributed by atoms with Gasteiger partial charge < -0.3 is 52.1 Å². The van der Waals surface area contributed by atoms with E-state index in [4.69, 9.17) is 58.5 Å². The van der Waals surface area contributed by atoms with Crippen molar-refractivity contribution in [3.8, 4) is 12.3 Å². The lowest BCUT2D eigenvalue weighted by molar-refractivity contribution is -0.330. The monoisotopic (exact) mass is 860 g/mol. The molecule has 0 spiro atoms. The van der Waals surface area contributed by atoms with Crippen LogP contribution in [0.1, 0.15) is 58.8 Å². The van der Waals surface area contributed by atoms with Crippen LogP contribution >= 0.6 is 0 Å². The van der Waals surface area contributed by atoms with Gasteiger partial charge in [0, 0.05) is 27.7 Å². The predicted octanol–water partition coefficient (Wildman–Crippen LogP) is 3.14. The maximum atomic E-state index is 13.8. The van der Waals surface area contributed by atoms with Crippen molar-refractivity contribution in [1.82, 2.24) is 0 Å². The molecule has 62 heavy (non-hydrogen) atoms. The predicted molar refractivity (Wildman–Crippen MR) is 208 cm³/mol. The van der Waals surface area contributed by atoms with Crippen LogP contribution in [-0.4, -0.2) is 123 Å². The van der Waals surface area contributed by atoms with Gasteiger partial charge in [-0.05, 0) is 36.4 Å². The Morgan fingerprint density at radius 1 is 0.468 bits per heavy atom. The summed E-state index contributed by atoms with van der Waals surface area (Å²) in [5.74, 6) is -3.80. The molecule has 2 heterocycles. The Hall–Kier alpha value is -6.65. The lowest BCUT2D eigenvalue weighted by Crippen LogP contribution is -2.65. The highest BCUT2D eigenvalue weighted by molar-refractivity contribution is 5.91. The number of esters is 7. The summed E-state index contributed by atoms with van der Waals surface area (Å²) < 4.78 is 64.1. The Balaban J connectivity index is 1.59. The first kappa shape index (κ1) is 46.4. The van der Waals surface area contributed by atoms with Crippen molar-refractivity contribution < 1.29 is 85.7 Å². The summed E-state index contributed by atoms with van der Waals surface area (Å²) in [5.41, 5.74) is 0.248. The molecule has 10 unspecified atom stereocenters. The topological polar surface area (TPSA) is 221 Å². The average molecular weight is 861 g/mol. The van der Waals surface area contributed by atoms with Gasteiger partial charge in [0.2, 0.25) is 0 Å². The molecular weight excluding hydrogens is 816 g/mol. The van der Waals surface area contributed by atoms with Gasteiger partial charge in [0.25, 0.3) is 0 Å². The quantitative estimate of drug-likeness (QED) is 0.115. The van der Waals surface area contributed by atoms with E-state index in [0.717, 1.165) is 27.7 Å². The van der Waals surface area contributed by atoms with E-state index < -0.39 is 123 Å². The highest BCUT2D eigenvalue weighted by atomic mass is 16.8. The molecule has 18 nitrogen and oxygen atoms in total. The van der Waals surface area contributed by atoms with E-state index in [9.17, 15) is 33.6 Å². The van der Waals surface area contributed by atoms with Crippen LogP contribution < -0.4 is 0 Å². The smallest absolute Gasteiger partial charge is 0.338 e. The summed E-state index contributed by atoms with van der Waals surface area (Å²) in [5, 5.41) is 0. The van der Waals surface area contributed by atoms with Crippen molar-refractivity contribution in [2.24, 2.45) is 0 Å². The third kappa shape index (κ3) is 12.7. The number of carbonyl (C=O) groups is 7. The number of hydrogen-bond donors (Lipinski definition) is 0. The largest absolute Gasteiger partial charge is 0.463 e. The first-order chi connectivity index (χ1) is 29.7. The van der Waals surface area contributed by atoms with Crippen molar-refractivity contribution in [2.75, 3.05) is 19.8 Å². The molecule has 10 atom stereocenters. The number of rotatable bonds is 16. The van der Waals surface area contributed by atoms with Gasteiger partial charge in [-0.3, -0.25) is 19.2 Å². The SMILES string of the molecule is C#CCOC1OC(COC2OC(COC(C)=O)C(OC(C)=O)C(OC(C)=O)C2OC(C)=O)C(OC(=O)c2ccccc2)C(OC(=O)c2ccccc2)C1OC(=O)c1ccccc1. The zero-order valence-corrected chi connectivity index (χ0v) is 34.0. The Labute approximate surface area is 355 Å².